The van der Waals surface area contributed by atoms with Gasteiger partial charge in [-0.2, -0.15) is 0 Å². The number of benzene rings is 1. The third-order valence-electron chi connectivity index (χ3n) is 1.72. The van der Waals surface area contributed by atoms with E-state index in [0.29, 0.717) is 11.5 Å². The molecule has 0 fully saturated rings. The lowest BCUT2D eigenvalue weighted by Crippen LogP contribution is -2.46. The van der Waals surface area contributed by atoms with Crippen molar-refractivity contribution in [1.29, 1.82) is 0 Å². The zero-order valence-corrected chi connectivity index (χ0v) is 7.70. The van der Waals surface area contributed by atoms with E-state index in [1.165, 1.54) is 0 Å². The number of amidine groups is 1. The first-order valence-electron chi connectivity index (χ1n) is 3.79. The molecule has 13 heavy (non-hydrogen) atoms. The largest absolute Gasteiger partial charge is 0.493 e. The molecule has 0 aliphatic heterocycles. The Bertz CT molecular complexity index is 323. The lowest BCUT2D eigenvalue weighted by Gasteiger charge is -2.07. The minimum Gasteiger partial charge on any atom is -0.493 e. The summed E-state index contributed by atoms with van der Waals surface area (Å²) in [5.74, 6) is 1.54. The molecule has 0 aromatic heterocycles. The van der Waals surface area contributed by atoms with E-state index in [2.05, 4.69) is 0 Å². The Morgan fingerprint density at radius 1 is 1.23 bits per heavy atom. The number of nitrogens with two attached hydrogens (primary N) is 2. The van der Waals surface area contributed by atoms with Crippen molar-refractivity contribution in [2.24, 2.45) is 5.73 Å². The zero-order chi connectivity index (χ0) is 9.84. The van der Waals surface area contributed by atoms with Gasteiger partial charge < -0.3 is 9.47 Å². The number of rotatable bonds is 3. The smallest absolute Gasteiger partial charge is 0.270 e. The van der Waals surface area contributed by atoms with E-state index in [1.807, 2.05) is 0 Å². The maximum absolute atomic E-state index is 5.43. The van der Waals surface area contributed by atoms with Crippen LogP contribution in [0.25, 0.3) is 0 Å². The third kappa shape index (κ3) is 1.90. The Morgan fingerprint density at radius 3 is 2.31 bits per heavy atom. The van der Waals surface area contributed by atoms with Crippen molar-refractivity contribution in [2.75, 3.05) is 14.2 Å². The molecule has 0 unspecified atom stereocenters. The molecule has 0 heterocycles. The summed E-state index contributed by atoms with van der Waals surface area (Å²) < 4.78 is 10.1. The Kier molecular flexibility index (Phi) is 2.74. The van der Waals surface area contributed by atoms with Gasteiger partial charge in [-0.05, 0) is 18.2 Å². The van der Waals surface area contributed by atoms with Crippen LogP contribution in [0, 0.1) is 0 Å². The predicted octanol–water partition coefficient (Wildman–Crippen LogP) is -0.832. The first-order valence-corrected chi connectivity index (χ1v) is 3.79. The predicted molar refractivity (Wildman–Crippen MR) is 49.8 cm³/mol. The highest BCUT2D eigenvalue weighted by molar-refractivity contribution is 5.93. The summed E-state index contributed by atoms with van der Waals surface area (Å²) >= 11 is 0. The van der Waals surface area contributed by atoms with Gasteiger partial charge in [-0.25, -0.2) is 0 Å². The van der Waals surface area contributed by atoms with Gasteiger partial charge in [-0.15, -0.1) is 0 Å². The van der Waals surface area contributed by atoms with Gasteiger partial charge in [-0.1, -0.05) is 0 Å². The first kappa shape index (κ1) is 9.38. The molecule has 0 bridgehead atoms. The molecule has 1 aromatic carbocycles. The summed E-state index contributed by atoms with van der Waals surface area (Å²) in [6, 6.07) is 5.26. The topological polar surface area (TPSA) is 70.1 Å². The molecule has 4 nitrogen and oxygen atoms in total. The Morgan fingerprint density at radius 2 is 1.85 bits per heavy atom. The van der Waals surface area contributed by atoms with Crippen molar-refractivity contribution in [3.8, 4) is 11.5 Å². The van der Waals surface area contributed by atoms with Crippen LogP contribution >= 0.6 is 0 Å². The SMILES string of the molecule is COc1ccc(C(N)=[NH2+])cc1OC. The third-order valence-corrected chi connectivity index (χ3v) is 1.72. The molecule has 0 saturated heterocycles. The van der Waals surface area contributed by atoms with E-state index in [-0.39, 0.29) is 5.84 Å². The van der Waals surface area contributed by atoms with Crippen molar-refractivity contribution >= 4 is 5.84 Å². The van der Waals surface area contributed by atoms with E-state index in [9.17, 15) is 0 Å². The van der Waals surface area contributed by atoms with E-state index in [0.717, 1.165) is 5.56 Å². The molecule has 70 valence electrons. The van der Waals surface area contributed by atoms with Gasteiger partial charge in [-0.3, -0.25) is 11.1 Å². The molecular formula is C9H13N2O2+. The fraction of sp³-hybridized carbons (Fsp3) is 0.222. The lowest BCUT2D eigenvalue weighted by molar-refractivity contribution is -0.114. The van der Waals surface area contributed by atoms with Gasteiger partial charge in [0.05, 0.1) is 19.8 Å². The molecular weight excluding hydrogens is 168 g/mol. The van der Waals surface area contributed by atoms with Crippen molar-refractivity contribution in [2.45, 2.75) is 0 Å². The number of hydrogen-bond donors (Lipinski definition) is 2. The maximum atomic E-state index is 5.43. The zero-order valence-electron chi connectivity index (χ0n) is 7.70. The molecule has 0 radical (unpaired) electrons. The fourth-order valence-corrected chi connectivity index (χ4v) is 1.02. The van der Waals surface area contributed by atoms with Crippen LogP contribution in [-0.2, 0) is 0 Å². The highest BCUT2D eigenvalue weighted by Gasteiger charge is 2.07. The summed E-state index contributed by atoms with van der Waals surface area (Å²) in [6.07, 6.45) is 0. The fourth-order valence-electron chi connectivity index (χ4n) is 1.02. The van der Waals surface area contributed by atoms with Crippen LogP contribution in [0.15, 0.2) is 18.2 Å². The van der Waals surface area contributed by atoms with Crippen LogP contribution in [0.5, 0.6) is 11.5 Å². The second kappa shape index (κ2) is 3.80. The summed E-state index contributed by atoms with van der Waals surface area (Å²) in [4.78, 5) is 0. The van der Waals surface area contributed by atoms with Crippen LogP contribution in [-0.4, -0.2) is 20.1 Å². The van der Waals surface area contributed by atoms with E-state index >= 15 is 0 Å². The van der Waals surface area contributed by atoms with Crippen LogP contribution in [0.2, 0.25) is 0 Å². The van der Waals surface area contributed by atoms with Gasteiger partial charge in [0.2, 0.25) is 0 Å². The molecule has 1 aromatic rings. The molecule has 0 aliphatic carbocycles. The average Bonchev–Trinajstić information content (AvgIpc) is 2.16. The maximum Gasteiger partial charge on any atom is 0.270 e. The molecule has 0 aliphatic rings. The highest BCUT2D eigenvalue weighted by Crippen LogP contribution is 2.26. The molecule has 0 spiro atoms. The normalized spacial score (nSPS) is 9.38. The van der Waals surface area contributed by atoms with E-state index < -0.39 is 0 Å². The van der Waals surface area contributed by atoms with Crippen LogP contribution < -0.4 is 20.6 Å². The Balaban J connectivity index is 3.13. The van der Waals surface area contributed by atoms with Gasteiger partial charge in [0.1, 0.15) is 0 Å². The second-order valence-electron chi connectivity index (χ2n) is 2.53. The average molecular weight is 181 g/mol. The van der Waals surface area contributed by atoms with E-state index in [4.69, 9.17) is 20.6 Å². The minimum atomic E-state index is 0.265. The van der Waals surface area contributed by atoms with Crippen molar-refractivity contribution in [1.82, 2.24) is 0 Å². The highest BCUT2D eigenvalue weighted by atomic mass is 16.5. The van der Waals surface area contributed by atoms with Gasteiger partial charge in [0.15, 0.2) is 11.5 Å². The van der Waals surface area contributed by atoms with Gasteiger partial charge in [0.25, 0.3) is 5.84 Å². The number of methoxy groups -OCH3 is 2. The van der Waals surface area contributed by atoms with Crippen molar-refractivity contribution < 1.29 is 14.9 Å². The molecule has 0 atom stereocenters. The van der Waals surface area contributed by atoms with Gasteiger partial charge in [0, 0.05) is 0 Å². The second-order valence-corrected chi connectivity index (χ2v) is 2.53. The first-order chi connectivity index (χ1) is 6.19. The van der Waals surface area contributed by atoms with Crippen molar-refractivity contribution in [3.63, 3.8) is 0 Å². The molecule has 4 N–H and O–H groups in total. The molecule has 0 saturated carbocycles. The molecule has 4 heteroatoms. The quantitative estimate of drug-likeness (QED) is 0.472. The van der Waals surface area contributed by atoms with E-state index in [1.54, 1.807) is 32.4 Å². The monoisotopic (exact) mass is 181 g/mol. The lowest BCUT2D eigenvalue weighted by atomic mass is 10.2. The van der Waals surface area contributed by atoms with Crippen LogP contribution in [0.4, 0.5) is 0 Å². The summed E-state index contributed by atoms with van der Waals surface area (Å²) in [7, 11) is 3.14. The molecule has 0 amide bonds. The number of hydrogen-bond acceptors (Lipinski definition) is 2. The molecule has 1 rings (SSSR count). The number of ether oxygens (including phenoxy) is 2. The van der Waals surface area contributed by atoms with Crippen LogP contribution in [0.3, 0.4) is 0 Å². The Labute approximate surface area is 76.8 Å². The Hall–Kier alpha value is -1.71. The van der Waals surface area contributed by atoms with Crippen molar-refractivity contribution in [3.05, 3.63) is 23.8 Å². The summed E-state index contributed by atoms with van der Waals surface area (Å²) in [5, 5.41) is 5.43. The van der Waals surface area contributed by atoms with Crippen LogP contribution in [0.1, 0.15) is 5.56 Å². The summed E-state index contributed by atoms with van der Waals surface area (Å²) in [5.41, 5.74) is 6.16. The van der Waals surface area contributed by atoms with Gasteiger partial charge >= 0.3 is 0 Å². The summed E-state index contributed by atoms with van der Waals surface area (Å²) in [6.45, 7) is 0. The minimum absolute atomic E-state index is 0.265. The standard InChI is InChI=1S/C9H12N2O2/c1-12-7-4-3-6(9(10)11)5-8(7)13-2/h3-5H,1-2H3,(H3,10,11)/p+1.